The largest absolute Gasteiger partial charge is 0.486 e. The maximum absolute atomic E-state index is 12.6. The summed E-state index contributed by atoms with van der Waals surface area (Å²) in [4.78, 5) is 18.6. The highest BCUT2D eigenvalue weighted by Gasteiger charge is 2.47. The van der Waals surface area contributed by atoms with E-state index in [2.05, 4.69) is 17.1 Å². The summed E-state index contributed by atoms with van der Waals surface area (Å²) in [6, 6.07) is 13.9. The van der Waals surface area contributed by atoms with Gasteiger partial charge in [0.15, 0.2) is 0 Å². The molecule has 2 aliphatic heterocycles. The van der Waals surface area contributed by atoms with E-state index in [4.69, 9.17) is 9.47 Å². The predicted octanol–water partition coefficient (Wildman–Crippen LogP) is 2.85. The molecule has 1 aromatic heterocycles. The molecule has 2 aromatic rings. The van der Waals surface area contributed by atoms with Crippen LogP contribution in [-0.4, -0.2) is 47.2 Å². The van der Waals surface area contributed by atoms with Crippen molar-refractivity contribution in [2.75, 3.05) is 19.7 Å². The average Bonchev–Trinajstić information content (AvgIpc) is 3.28. The van der Waals surface area contributed by atoms with Crippen LogP contribution in [0.4, 0.5) is 0 Å². The molecule has 136 valence electrons. The molecule has 0 bridgehead atoms. The van der Waals surface area contributed by atoms with Crippen molar-refractivity contribution in [3.8, 4) is 5.75 Å². The fourth-order valence-corrected chi connectivity index (χ4v) is 3.88. The lowest BCUT2D eigenvalue weighted by Gasteiger charge is -2.23. The summed E-state index contributed by atoms with van der Waals surface area (Å²) in [5, 5.41) is 0. The number of ether oxygens (including phenoxy) is 2. The molecule has 5 heteroatoms. The van der Waals surface area contributed by atoms with Gasteiger partial charge in [-0.25, -0.2) is 0 Å². The van der Waals surface area contributed by atoms with Gasteiger partial charge < -0.3 is 14.4 Å². The monoisotopic (exact) mass is 352 g/mol. The summed E-state index contributed by atoms with van der Waals surface area (Å²) < 4.78 is 12.1. The Morgan fingerprint density at radius 1 is 1.27 bits per heavy atom. The number of rotatable bonds is 5. The number of hydrogen-bond acceptors (Lipinski definition) is 4. The van der Waals surface area contributed by atoms with Crippen LogP contribution < -0.4 is 4.74 Å². The Bertz CT molecular complexity index is 737. The molecule has 0 unspecified atom stereocenters. The first-order valence-corrected chi connectivity index (χ1v) is 9.25. The number of aryl methyl sites for hydroxylation is 1. The van der Waals surface area contributed by atoms with Crippen molar-refractivity contribution >= 4 is 5.91 Å². The first-order chi connectivity index (χ1) is 12.7. The van der Waals surface area contributed by atoms with Gasteiger partial charge in [-0.15, -0.1) is 0 Å². The molecule has 1 amide bonds. The normalized spacial score (nSPS) is 24.9. The Hall–Kier alpha value is -2.40. The molecule has 0 radical (unpaired) electrons. The van der Waals surface area contributed by atoms with Gasteiger partial charge in [-0.1, -0.05) is 30.3 Å². The molecule has 4 rings (SSSR count). The molecule has 1 spiro atoms. The van der Waals surface area contributed by atoms with Crippen LogP contribution in [0.3, 0.4) is 0 Å². The lowest BCUT2D eigenvalue weighted by atomic mass is 9.98. The van der Waals surface area contributed by atoms with Gasteiger partial charge in [-0.05, 0) is 30.5 Å². The van der Waals surface area contributed by atoms with E-state index in [1.807, 2.05) is 35.2 Å². The van der Waals surface area contributed by atoms with Crippen LogP contribution in [0.25, 0.3) is 0 Å². The van der Waals surface area contributed by atoms with Crippen molar-refractivity contribution < 1.29 is 14.3 Å². The number of likely N-dealkylation sites (tertiary alicyclic amines) is 1. The number of amides is 1. The molecular formula is C21H24N2O3. The third kappa shape index (κ3) is 3.88. The fourth-order valence-electron chi connectivity index (χ4n) is 3.88. The van der Waals surface area contributed by atoms with E-state index >= 15 is 0 Å². The molecule has 1 aromatic carbocycles. The second-order valence-electron chi connectivity index (χ2n) is 7.18. The van der Waals surface area contributed by atoms with Crippen LogP contribution in [0.1, 0.15) is 24.8 Å². The predicted molar refractivity (Wildman–Crippen MR) is 97.9 cm³/mol. The minimum Gasteiger partial charge on any atom is -0.486 e. The number of benzene rings is 1. The van der Waals surface area contributed by atoms with Crippen LogP contribution in [0.5, 0.6) is 5.75 Å². The number of aromatic nitrogens is 1. The summed E-state index contributed by atoms with van der Waals surface area (Å²) in [5.41, 5.74) is 0.965. The first kappa shape index (κ1) is 17.0. The van der Waals surface area contributed by atoms with E-state index < -0.39 is 0 Å². The first-order valence-electron chi connectivity index (χ1n) is 9.25. The number of carbonyl (C=O) groups excluding carboxylic acids is 1. The molecule has 2 fully saturated rings. The van der Waals surface area contributed by atoms with Gasteiger partial charge >= 0.3 is 0 Å². The standard InChI is InChI=1S/C21H24N2O3/c24-20(9-8-17-5-2-1-3-6-17)23-12-10-21(16-23)13-19(15-25-21)26-18-7-4-11-22-14-18/h1-7,11,14,19H,8-10,12-13,15-16H2/t19-,21+/m1/s1. The summed E-state index contributed by atoms with van der Waals surface area (Å²) in [6.45, 7) is 2.02. The molecule has 0 N–H and O–H groups in total. The summed E-state index contributed by atoms with van der Waals surface area (Å²) in [7, 11) is 0. The SMILES string of the molecule is O=C(CCc1ccccc1)N1CC[C@]2(C[C@@H](Oc3cccnc3)CO2)C1. The van der Waals surface area contributed by atoms with E-state index in [-0.39, 0.29) is 17.6 Å². The van der Waals surface area contributed by atoms with Crippen molar-refractivity contribution in [2.24, 2.45) is 0 Å². The number of pyridine rings is 1. The van der Waals surface area contributed by atoms with Crippen molar-refractivity contribution in [3.05, 3.63) is 60.4 Å². The Balaban J connectivity index is 1.28. The van der Waals surface area contributed by atoms with E-state index in [9.17, 15) is 4.79 Å². The smallest absolute Gasteiger partial charge is 0.223 e. The van der Waals surface area contributed by atoms with Crippen LogP contribution in [0, 0.1) is 0 Å². The average molecular weight is 352 g/mol. The second kappa shape index (κ2) is 7.46. The summed E-state index contributed by atoms with van der Waals surface area (Å²) >= 11 is 0. The maximum atomic E-state index is 12.6. The van der Waals surface area contributed by atoms with Crippen molar-refractivity contribution in [2.45, 2.75) is 37.4 Å². The minimum absolute atomic E-state index is 0.0265. The Morgan fingerprint density at radius 2 is 2.15 bits per heavy atom. The second-order valence-corrected chi connectivity index (χ2v) is 7.18. The molecule has 5 nitrogen and oxygen atoms in total. The van der Waals surface area contributed by atoms with E-state index in [1.165, 1.54) is 5.56 Å². The number of nitrogens with zero attached hydrogens (tertiary/aromatic N) is 2. The van der Waals surface area contributed by atoms with Gasteiger partial charge in [0.25, 0.3) is 0 Å². The Labute approximate surface area is 153 Å². The van der Waals surface area contributed by atoms with Gasteiger partial charge in [0.05, 0.1) is 18.4 Å². The maximum Gasteiger partial charge on any atom is 0.223 e. The topological polar surface area (TPSA) is 51.7 Å². The summed E-state index contributed by atoms with van der Waals surface area (Å²) in [6.07, 6.45) is 6.53. The van der Waals surface area contributed by atoms with Gasteiger partial charge in [-0.2, -0.15) is 0 Å². The number of carbonyl (C=O) groups is 1. The van der Waals surface area contributed by atoms with Crippen LogP contribution in [0.2, 0.25) is 0 Å². The molecular weight excluding hydrogens is 328 g/mol. The molecule has 2 saturated heterocycles. The van der Waals surface area contributed by atoms with Gasteiger partial charge in [-0.3, -0.25) is 9.78 Å². The molecule has 2 aliphatic rings. The fraction of sp³-hybridized carbons (Fsp3) is 0.429. The van der Waals surface area contributed by atoms with Gasteiger partial charge in [0.2, 0.25) is 5.91 Å². The lowest BCUT2D eigenvalue weighted by molar-refractivity contribution is -0.131. The molecule has 0 saturated carbocycles. The zero-order valence-corrected chi connectivity index (χ0v) is 14.8. The number of hydrogen-bond donors (Lipinski definition) is 0. The van der Waals surface area contributed by atoms with Gasteiger partial charge in [0.1, 0.15) is 11.9 Å². The van der Waals surface area contributed by atoms with Crippen LogP contribution >= 0.6 is 0 Å². The zero-order valence-electron chi connectivity index (χ0n) is 14.8. The lowest BCUT2D eigenvalue weighted by Crippen LogP contribution is -2.36. The van der Waals surface area contributed by atoms with Crippen molar-refractivity contribution in [3.63, 3.8) is 0 Å². The zero-order chi connectivity index (χ0) is 17.8. The molecule has 2 atom stereocenters. The van der Waals surface area contributed by atoms with E-state index in [0.717, 1.165) is 31.6 Å². The van der Waals surface area contributed by atoms with Crippen molar-refractivity contribution in [1.29, 1.82) is 0 Å². The highest BCUT2D eigenvalue weighted by atomic mass is 16.6. The van der Waals surface area contributed by atoms with Crippen LogP contribution in [-0.2, 0) is 16.0 Å². The Morgan fingerprint density at radius 3 is 2.96 bits per heavy atom. The highest BCUT2D eigenvalue weighted by molar-refractivity contribution is 5.77. The summed E-state index contributed by atoms with van der Waals surface area (Å²) in [5.74, 6) is 0.984. The Kier molecular flexibility index (Phi) is 4.89. The third-order valence-corrected chi connectivity index (χ3v) is 5.25. The minimum atomic E-state index is -0.241. The third-order valence-electron chi connectivity index (χ3n) is 5.25. The van der Waals surface area contributed by atoms with E-state index in [1.54, 1.807) is 12.4 Å². The highest BCUT2D eigenvalue weighted by Crippen LogP contribution is 2.36. The quantitative estimate of drug-likeness (QED) is 0.830. The van der Waals surface area contributed by atoms with E-state index in [0.29, 0.717) is 19.6 Å². The molecule has 26 heavy (non-hydrogen) atoms. The molecule has 0 aliphatic carbocycles. The van der Waals surface area contributed by atoms with Gasteiger partial charge in [0, 0.05) is 32.1 Å². The molecule has 3 heterocycles. The van der Waals surface area contributed by atoms with Crippen molar-refractivity contribution in [1.82, 2.24) is 9.88 Å². The van der Waals surface area contributed by atoms with Crippen LogP contribution in [0.15, 0.2) is 54.9 Å².